The number of carbonyl (C=O) groups excluding carboxylic acids is 2. The van der Waals surface area contributed by atoms with E-state index in [9.17, 15) is 9.59 Å². The van der Waals surface area contributed by atoms with E-state index < -0.39 is 0 Å². The molecule has 4 rings (SSSR count). The van der Waals surface area contributed by atoms with Crippen LogP contribution in [0.5, 0.6) is 0 Å². The van der Waals surface area contributed by atoms with Crippen LogP contribution in [0.15, 0.2) is 53.7 Å². The molecule has 0 radical (unpaired) electrons. The monoisotopic (exact) mass is 377 g/mol. The Morgan fingerprint density at radius 1 is 1.00 bits per heavy atom. The number of rotatable bonds is 4. The minimum absolute atomic E-state index is 0.0140. The fraction of sp³-hybridized carbons (Fsp3) is 0.435. The van der Waals surface area contributed by atoms with Gasteiger partial charge in [-0.3, -0.25) is 19.1 Å². The molecule has 146 valence electrons. The highest BCUT2D eigenvalue weighted by Gasteiger charge is 2.21. The van der Waals surface area contributed by atoms with Gasteiger partial charge >= 0.3 is 0 Å². The molecule has 0 atom stereocenters. The first kappa shape index (κ1) is 18.7. The number of nitrogens with zero attached hydrogens (tertiary/aromatic N) is 3. The first-order valence-electron chi connectivity index (χ1n) is 10.3. The van der Waals surface area contributed by atoms with Crippen molar-refractivity contribution in [2.45, 2.75) is 57.4 Å². The van der Waals surface area contributed by atoms with Crippen LogP contribution >= 0.6 is 0 Å². The molecule has 1 saturated heterocycles. The summed E-state index contributed by atoms with van der Waals surface area (Å²) in [6, 6.07) is 13.8. The van der Waals surface area contributed by atoms with Gasteiger partial charge in [0.1, 0.15) is 5.49 Å². The predicted octanol–water partition coefficient (Wildman–Crippen LogP) is 3.73. The maximum Gasteiger partial charge on any atom is 0.236 e. The van der Waals surface area contributed by atoms with Crippen LogP contribution in [-0.2, 0) is 11.2 Å². The number of benzene rings is 1. The van der Waals surface area contributed by atoms with Crippen molar-refractivity contribution in [3.8, 4) is 0 Å². The van der Waals surface area contributed by atoms with Gasteiger partial charge in [0.25, 0.3) is 0 Å². The number of aromatic nitrogens is 1. The molecule has 28 heavy (non-hydrogen) atoms. The van der Waals surface area contributed by atoms with Crippen LogP contribution < -0.4 is 10.4 Å². The topological polar surface area (TPSA) is 54.7 Å². The number of hydrogen-bond acceptors (Lipinski definition) is 3. The first-order valence-corrected chi connectivity index (χ1v) is 10.3. The molecule has 0 N–H and O–H groups in total. The second kappa shape index (κ2) is 8.55. The summed E-state index contributed by atoms with van der Waals surface area (Å²) in [6.45, 7) is 0.781. The van der Waals surface area contributed by atoms with Gasteiger partial charge in [-0.2, -0.15) is 0 Å². The maximum absolute atomic E-state index is 12.9. The van der Waals surface area contributed by atoms with Crippen molar-refractivity contribution in [1.82, 2.24) is 4.57 Å². The summed E-state index contributed by atoms with van der Waals surface area (Å²) in [6.07, 6.45) is 9.62. The van der Waals surface area contributed by atoms with Gasteiger partial charge in [-0.1, -0.05) is 37.5 Å². The molecule has 0 spiro atoms. The predicted molar refractivity (Wildman–Crippen MR) is 109 cm³/mol. The first-order chi connectivity index (χ1) is 13.7. The van der Waals surface area contributed by atoms with Crippen LogP contribution in [0, 0.1) is 0 Å². The molecule has 2 aromatic rings. The Hall–Kier alpha value is -2.69. The third-order valence-electron chi connectivity index (χ3n) is 5.67. The molecule has 1 aliphatic heterocycles. The van der Waals surface area contributed by atoms with Crippen LogP contribution in [0.1, 0.15) is 55.3 Å². The van der Waals surface area contributed by atoms with E-state index in [1.165, 1.54) is 19.3 Å². The molecular formula is C23H27N3O2. The molecule has 2 aliphatic rings. The van der Waals surface area contributed by atoms with Crippen LogP contribution in [0.4, 0.5) is 5.69 Å². The number of hydrogen-bond donors (Lipinski definition) is 0. The summed E-state index contributed by atoms with van der Waals surface area (Å²) in [5.74, 6) is 0.192. The fourth-order valence-electron chi connectivity index (χ4n) is 4.12. The molecule has 0 unspecified atom stereocenters. The van der Waals surface area contributed by atoms with Crippen molar-refractivity contribution in [2.24, 2.45) is 4.99 Å². The normalized spacial score (nSPS) is 18.6. The second-order valence-corrected chi connectivity index (χ2v) is 7.74. The highest BCUT2D eigenvalue weighted by Crippen LogP contribution is 2.22. The Bertz CT molecular complexity index is 908. The summed E-state index contributed by atoms with van der Waals surface area (Å²) in [7, 11) is 0. The third-order valence-corrected chi connectivity index (χ3v) is 5.67. The smallest absolute Gasteiger partial charge is 0.236 e. The SMILES string of the molecule is O=C1CCCN1c1ccc(CC(=O)n2ccccc2=NC2CCCCC2)cc1. The standard InChI is InChI=1S/C23H27N3O2/c27-22-10-6-16-25(22)20-13-11-18(12-14-20)17-23(28)26-15-5-4-9-21(26)24-19-7-2-1-3-8-19/h4-5,9,11-15,19H,1-3,6-8,10,16-17H2. The summed E-state index contributed by atoms with van der Waals surface area (Å²) < 4.78 is 1.67. The third kappa shape index (κ3) is 4.24. The van der Waals surface area contributed by atoms with E-state index in [1.54, 1.807) is 10.8 Å². The van der Waals surface area contributed by atoms with Gasteiger partial charge in [-0.05, 0) is 49.1 Å². The van der Waals surface area contributed by atoms with Crippen molar-refractivity contribution in [2.75, 3.05) is 11.4 Å². The van der Waals surface area contributed by atoms with Crippen molar-refractivity contribution in [3.63, 3.8) is 0 Å². The van der Waals surface area contributed by atoms with Gasteiger partial charge in [0.05, 0.1) is 12.5 Å². The van der Waals surface area contributed by atoms with Crippen molar-refractivity contribution in [1.29, 1.82) is 0 Å². The number of carbonyl (C=O) groups is 2. The number of anilines is 1. The Balaban J connectivity index is 1.49. The van der Waals surface area contributed by atoms with Crippen molar-refractivity contribution >= 4 is 17.5 Å². The summed E-state index contributed by atoms with van der Waals surface area (Å²) in [4.78, 5) is 31.5. The van der Waals surface area contributed by atoms with Crippen LogP contribution in [0.25, 0.3) is 0 Å². The van der Waals surface area contributed by atoms with Gasteiger partial charge in [0.15, 0.2) is 0 Å². The highest BCUT2D eigenvalue weighted by molar-refractivity contribution is 5.95. The molecule has 5 heteroatoms. The number of pyridine rings is 1. The zero-order valence-corrected chi connectivity index (χ0v) is 16.2. The zero-order chi connectivity index (χ0) is 19.3. The number of amides is 1. The second-order valence-electron chi connectivity index (χ2n) is 7.74. The Kier molecular flexibility index (Phi) is 5.70. The summed E-state index contributed by atoms with van der Waals surface area (Å²) in [5, 5.41) is 0. The van der Waals surface area contributed by atoms with Crippen molar-refractivity contribution in [3.05, 3.63) is 59.7 Å². The molecule has 1 aliphatic carbocycles. The lowest BCUT2D eigenvalue weighted by molar-refractivity contribution is -0.117. The zero-order valence-electron chi connectivity index (χ0n) is 16.2. The molecule has 5 nitrogen and oxygen atoms in total. The fourth-order valence-corrected chi connectivity index (χ4v) is 4.12. The van der Waals surface area contributed by atoms with E-state index in [-0.39, 0.29) is 11.8 Å². The van der Waals surface area contributed by atoms with E-state index in [0.29, 0.717) is 18.9 Å². The molecular weight excluding hydrogens is 350 g/mol. The molecule has 1 aromatic heterocycles. The highest BCUT2D eigenvalue weighted by atomic mass is 16.2. The Labute approximate surface area is 165 Å². The molecule has 2 fully saturated rings. The van der Waals surface area contributed by atoms with Crippen LogP contribution in [0.2, 0.25) is 0 Å². The molecule has 1 saturated carbocycles. The van der Waals surface area contributed by atoms with Crippen LogP contribution in [0.3, 0.4) is 0 Å². The largest absolute Gasteiger partial charge is 0.312 e. The van der Waals surface area contributed by atoms with E-state index in [4.69, 9.17) is 4.99 Å². The lowest BCUT2D eigenvalue weighted by Gasteiger charge is -2.18. The van der Waals surface area contributed by atoms with Crippen molar-refractivity contribution < 1.29 is 9.59 Å². The minimum Gasteiger partial charge on any atom is -0.312 e. The lowest BCUT2D eigenvalue weighted by atomic mass is 9.96. The average molecular weight is 377 g/mol. The average Bonchev–Trinajstić information content (AvgIpc) is 3.16. The van der Waals surface area contributed by atoms with Gasteiger partial charge in [-0.25, -0.2) is 0 Å². The van der Waals surface area contributed by atoms with E-state index >= 15 is 0 Å². The van der Waals surface area contributed by atoms with E-state index in [2.05, 4.69) is 0 Å². The molecule has 2 heterocycles. The molecule has 0 bridgehead atoms. The maximum atomic E-state index is 12.9. The van der Waals surface area contributed by atoms with E-state index in [0.717, 1.165) is 42.5 Å². The summed E-state index contributed by atoms with van der Waals surface area (Å²) >= 11 is 0. The van der Waals surface area contributed by atoms with E-state index in [1.807, 2.05) is 47.4 Å². The van der Waals surface area contributed by atoms with Gasteiger partial charge < -0.3 is 4.90 Å². The molecule has 1 amide bonds. The Morgan fingerprint density at radius 3 is 2.50 bits per heavy atom. The van der Waals surface area contributed by atoms with Crippen LogP contribution in [-0.4, -0.2) is 29.0 Å². The lowest BCUT2D eigenvalue weighted by Crippen LogP contribution is -2.29. The minimum atomic E-state index is 0.0140. The van der Waals surface area contributed by atoms with Gasteiger partial charge in [0, 0.05) is 24.8 Å². The Morgan fingerprint density at radius 2 is 1.79 bits per heavy atom. The molecule has 1 aromatic carbocycles. The van der Waals surface area contributed by atoms with Gasteiger partial charge in [0.2, 0.25) is 11.8 Å². The van der Waals surface area contributed by atoms with Gasteiger partial charge in [-0.15, -0.1) is 0 Å². The summed E-state index contributed by atoms with van der Waals surface area (Å²) in [5.41, 5.74) is 2.61. The quantitative estimate of drug-likeness (QED) is 0.815.